The largest absolute Gasteiger partial charge is 0.465 e. The Morgan fingerprint density at radius 1 is 1.39 bits per heavy atom. The van der Waals surface area contributed by atoms with Crippen molar-refractivity contribution in [1.82, 2.24) is 0 Å². The fraction of sp³-hybridized carbons (Fsp3) is 0.682. The number of rotatable bonds is 11. The highest BCUT2D eigenvalue weighted by Gasteiger charge is 2.39. The number of carbonyl (C=O) groups excluding carboxylic acids is 1. The molecule has 0 aromatic carbocycles. The number of aliphatic hydroxyl groups is 2. The molecule has 0 unspecified atom stereocenters. The van der Waals surface area contributed by atoms with E-state index in [9.17, 15) is 15.0 Å². The number of unbranched alkanes of at least 4 members (excludes halogenated alkanes) is 2. The van der Waals surface area contributed by atoms with E-state index >= 15 is 0 Å². The number of carbonyl (C=O) groups is 1. The summed E-state index contributed by atoms with van der Waals surface area (Å²) in [6.07, 6.45) is 10.3. The van der Waals surface area contributed by atoms with Gasteiger partial charge in [-0.05, 0) is 50.2 Å². The zero-order chi connectivity index (χ0) is 20.5. The second-order valence-electron chi connectivity index (χ2n) is 7.66. The summed E-state index contributed by atoms with van der Waals surface area (Å²) in [6.45, 7) is 2.15. The SMILES string of the molecule is CCCCC[C@H](O)/C=C/[C@@H]1[C@@H](CCCc2ccc(C(=O)OC)s2)[C@H](Cl)C[C@H]1O. The zero-order valence-corrected chi connectivity index (χ0v) is 18.4. The number of esters is 1. The third-order valence-electron chi connectivity index (χ3n) is 5.54. The molecule has 1 heterocycles. The van der Waals surface area contributed by atoms with Crippen molar-refractivity contribution in [3.05, 3.63) is 34.0 Å². The number of aliphatic hydroxyl groups excluding tert-OH is 2. The number of ether oxygens (including phenoxy) is 1. The van der Waals surface area contributed by atoms with Crippen molar-refractivity contribution in [2.24, 2.45) is 11.8 Å². The van der Waals surface area contributed by atoms with Gasteiger partial charge in [-0.3, -0.25) is 0 Å². The summed E-state index contributed by atoms with van der Waals surface area (Å²) in [4.78, 5) is 13.3. The van der Waals surface area contributed by atoms with Crippen LogP contribution in [0.15, 0.2) is 24.3 Å². The summed E-state index contributed by atoms with van der Waals surface area (Å²) in [5.41, 5.74) is 0. The van der Waals surface area contributed by atoms with Gasteiger partial charge in [-0.15, -0.1) is 22.9 Å². The van der Waals surface area contributed by atoms with Gasteiger partial charge in [0.25, 0.3) is 0 Å². The van der Waals surface area contributed by atoms with Gasteiger partial charge in [-0.1, -0.05) is 38.3 Å². The lowest BCUT2D eigenvalue weighted by atomic mass is 9.89. The molecule has 0 spiro atoms. The molecule has 5 atom stereocenters. The van der Waals surface area contributed by atoms with Crippen LogP contribution in [0.2, 0.25) is 0 Å². The molecular weight excluding hydrogens is 396 g/mol. The van der Waals surface area contributed by atoms with Crippen LogP contribution in [0.5, 0.6) is 0 Å². The fourth-order valence-corrected chi connectivity index (χ4v) is 5.37. The van der Waals surface area contributed by atoms with Gasteiger partial charge in [-0.25, -0.2) is 4.79 Å². The second kappa shape index (κ2) is 12.0. The Bertz CT molecular complexity index is 630. The Labute approximate surface area is 177 Å². The Hall–Kier alpha value is -0.880. The van der Waals surface area contributed by atoms with Crippen LogP contribution >= 0.6 is 22.9 Å². The van der Waals surface area contributed by atoms with Crippen molar-refractivity contribution in [1.29, 1.82) is 0 Å². The van der Waals surface area contributed by atoms with Crippen LogP contribution in [0.1, 0.15) is 66.4 Å². The Morgan fingerprint density at radius 3 is 2.89 bits per heavy atom. The molecule has 1 aliphatic rings. The lowest BCUT2D eigenvalue weighted by Gasteiger charge is -2.21. The van der Waals surface area contributed by atoms with Gasteiger partial charge >= 0.3 is 5.97 Å². The molecule has 1 saturated carbocycles. The molecule has 2 N–H and O–H groups in total. The predicted octanol–water partition coefficient (Wildman–Crippen LogP) is 4.96. The summed E-state index contributed by atoms with van der Waals surface area (Å²) in [6, 6.07) is 3.78. The standard InChI is InChI=1S/C22H33ClO4S/c1-3-4-5-7-15(24)10-12-18-17(19(23)14-20(18)25)9-6-8-16-11-13-21(28-16)22(26)27-2/h10-13,15,17-20,24-25H,3-9,14H2,1-2H3/b12-10+/t15-,17+,18+,19+,20+/m0/s1. The van der Waals surface area contributed by atoms with Gasteiger partial charge in [-0.2, -0.15) is 0 Å². The van der Waals surface area contributed by atoms with E-state index in [1.807, 2.05) is 18.2 Å². The van der Waals surface area contributed by atoms with Crippen LogP contribution in [-0.2, 0) is 11.2 Å². The number of hydrogen-bond donors (Lipinski definition) is 2. The monoisotopic (exact) mass is 428 g/mol. The van der Waals surface area contributed by atoms with Crippen LogP contribution in [-0.4, -0.2) is 40.9 Å². The molecule has 1 aromatic heterocycles. The Kier molecular flexibility index (Phi) is 10.00. The molecular formula is C22H33ClO4S. The van der Waals surface area contributed by atoms with Gasteiger partial charge in [0.15, 0.2) is 0 Å². The first-order chi connectivity index (χ1) is 13.5. The van der Waals surface area contributed by atoms with E-state index in [2.05, 4.69) is 6.92 Å². The average molecular weight is 429 g/mol. The number of hydrogen-bond acceptors (Lipinski definition) is 5. The minimum Gasteiger partial charge on any atom is -0.465 e. The number of thiophene rings is 1. The van der Waals surface area contributed by atoms with Crippen molar-refractivity contribution in [2.75, 3.05) is 7.11 Å². The smallest absolute Gasteiger partial charge is 0.348 e. The summed E-state index contributed by atoms with van der Waals surface area (Å²) in [7, 11) is 1.39. The molecule has 1 aromatic rings. The van der Waals surface area contributed by atoms with Crippen LogP contribution in [0.4, 0.5) is 0 Å². The minimum absolute atomic E-state index is 0.00251. The highest BCUT2D eigenvalue weighted by molar-refractivity contribution is 7.13. The molecule has 158 valence electrons. The average Bonchev–Trinajstić information content (AvgIpc) is 3.24. The molecule has 0 radical (unpaired) electrons. The lowest BCUT2D eigenvalue weighted by molar-refractivity contribution is 0.0606. The van der Waals surface area contributed by atoms with Crippen LogP contribution in [0, 0.1) is 11.8 Å². The van der Waals surface area contributed by atoms with Gasteiger partial charge in [0, 0.05) is 16.2 Å². The van der Waals surface area contributed by atoms with E-state index < -0.39 is 12.2 Å². The van der Waals surface area contributed by atoms with Crippen molar-refractivity contribution >= 4 is 28.9 Å². The second-order valence-corrected chi connectivity index (χ2v) is 9.39. The van der Waals surface area contributed by atoms with E-state index in [1.54, 1.807) is 6.07 Å². The van der Waals surface area contributed by atoms with Gasteiger partial charge in [0.2, 0.25) is 0 Å². The third kappa shape index (κ3) is 6.87. The molecule has 2 rings (SSSR count). The van der Waals surface area contributed by atoms with E-state index in [-0.39, 0.29) is 23.2 Å². The number of halogens is 1. The molecule has 6 heteroatoms. The summed E-state index contributed by atoms with van der Waals surface area (Å²) < 4.78 is 4.75. The van der Waals surface area contributed by atoms with Crippen molar-refractivity contribution in [2.45, 2.75) is 75.9 Å². The first-order valence-electron chi connectivity index (χ1n) is 10.3. The third-order valence-corrected chi connectivity index (χ3v) is 7.16. The molecule has 0 amide bonds. The number of methoxy groups -OCH3 is 1. The number of alkyl halides is 1. The van der Waals surface area contributed by atoms with Crippen molar-refractivity contribution in [3.8, 4) is 0 Å². The van der Waals surface area contributed by atoms with E-state index in [4.69, 9.17) is 16.3 Å². The summed E-state index contributed by atoms with van der Waals surface area (Å²) >= 11 is 7.99. The molecule has 1 fully saturated rings. The maximum atomic E-state index is 11.6. The van der Waals surface area contributed by atoms with Gasteiger partial charge < -0.3 is 14.9 Å². The molecule has 0 aliphatic heterocycles. The maximum absolute atomic E-state index is 11.6. The fourth-order valence-electron chi connectivity index (χ4n) is 3.92. The summed E-state index contributed by atoms with van der Waals surface area (Å²) in [5, 5.41) is 20.5. The minimum atomic E-state index is -0.448. The van der Waals surface area contributed by atoms with Crippen LogP contribution in [0.3, 0.4) is 0 Å². The molecule has 4 nitrogen and oxygen atoms in total. The highest BCUT2D eigenvalue weighted by Crippen LogP contribution is 2.40. The molecule has 1 aliphatic carbocycles. The van der Waals surface area contributed by atoms with Crippen molar-refractivity contribution < 1.29 is 19.7 Å². The van der Waals surface area contributed by atoms with E-state index in [0.717, 1.165) is 49.8 Å². The predicted molar refractivity (Wildman–Crippen MR) is 115 cm³/mol. The van der Waals surface area contributed by atoms with Gasteiger partial charge in [0.1, 0.15) is 4.88 Å². The van der Waals surface area contributed by atoms with Crippen LogP contribution < -0.4 is 0 Å². The lowest BCUT2D eigenvalue weighted by Crippen LogP contribution is -2.19. The van der Waals surface area contributed by atoms with Crippen molar-refractivity contribution in [3.63, 3.8) is 0 Å². The Balaban J connectivity index is 1.85. The van der Waals surface area contributed by atoms with Crippen LogP contribution in [0.25, 0.3) is 0 Å². The maximum Gasteiger partial charge on any atom is 0.348 e. The molecule has 0 bridgehead atoms. The van der Waals surface area contributed by atoms with E-state index in [1.165, 1.54) is 18.4 Å². The van der Waals surface area contributed by atoms with E-state index in [0.29, 0.717) is 11.3 Å². The number of aryl methyl sites for hydroxylation is 1. The first-order valence-corrected chi connectivity index (χ1v) is 11.6. The molecule has 0 saturated heterocycles. The normalized spacial score (nSPS) is 26.0. The highest BCUT2D eigenvalue weighted by atomic mass is 35.5. The topological polar surface area (TPSA) is 66.8 Å². The first kappa shape index (κ1) is 23.4. The quantitative estimate of drug-likeness (QED) is 0.226. The van der Waals surface area contributed by atoms with Gasteiger partial charge in [0.05, 0.1) is 19.3 Å². The summed E-state index contributed by atoms with van der Waals surface area (Å²) in [5.74, 6) is -0.0910. The molecule has 28 heavy (non-hydrogen) atoms. The Morgan fingerprint density at radius 2 is 2.18 bits per heavy atom. The zero-order valence-electron chi connectivity index (χ0n) is 16.9.